The predicted molar refractivity (Wildman–Crippen MR) is 49.4 cm³/mol. The van der Waals surface area contributed by atoms with E-state index in [9.17, 15) is 4.79 Å². The molecule has 1 heterocycles. The minimum absolute atomic E-state index is 0.169. The summed E-state index contributed by atoms with van der Waals surface area (Å²) in [6.45, 7) is 1.96. The fraction of sp³-hybridized carbons (Fsp3) is 0.429. The Morgan fingerprint density at radius 1 is 1.75 bits per heavy atom. The van der Waals surface area contributed by atoms with E-state index in [4.69, 9.17) is 0 Å². The standard InChI is InChI=1S/C7H11N3OS/c1-3-4-5-12-7-9-8-6(11)10(7)2/h3-4H,5H2,1-2H3,(H,8,11)/b4-3+. The van der Waals surface area contributed by atoms with Crippen molar-refractivity contribution >= 4 is 11.8 Å². The molecule has 0 amide bonds. The van der Waals surface area contributed by atoms with Crippen LogP contribution in [0.2, 0.25) is 0 Å². The van der Waals surface area contributed by atoms with Crippen LogP contribution in [0.5, 0.6) is 0 Å². The number of aromatic nitrogens is 3. The van der Waals surface area contributed by atoms with Crippen molar-refractivity contribution in [2.75, 3.05) is 5.75 Å². The summed E-state index contributed by atoms with van der Waals surface area (Å²) in [5, 5.41) is 6.94. The first-order valence-electron chi connectivity index (χ1n) is 3.61. The maximum atomic E-state index is 10.9. The lowest BCUT2D eigenvalue weighted by Gasteiger charge is -1.93. The smallest absolute Gasteiger partial charge is 0.273 e. The SMILES string of the molecule is C/C=C/CSc1n[nH]c(=O)n1C. The summed E-state index contributed by atoms with van der Waals surface area (Å²) < 4.78 is 1.49. The lowest BCUT2D eigenvalue weighted by Crippen LogP contribution is -2.12. The van der Waals surface area contributed by atoms with Gasteiger partial charge in [0.15, 0.2) is 5.16 Å². The van der Waals surface area contributed by atoms with Gasteiger partial charge in [0.25, 0.3) is 0 Å². The van der Waals surface area contributed by atoms with Crippen LogP contribution in [0.15, 0.2) is 22.1 Å². The number of allylic oxidation sites excluding steroid dienone is 1. The normalized spacial score (nSPS) is 11.2. The van der Waals surface area contributed by atoms with Crippen molar-refractivity contribution in [3.8, 4) is 0 Å². The van der Waals surface area contributed by atoms with Gasteiger partial charge in [-0.3, -0.25) is 4.57 Å². The number of thioether (sulfide) groups is 1. The zero-order valence-electron chi connectivity index (χ0n) is 7.07. The van der Waals surface area contributed by atoms with Gasteiger partial charge in [-0.25, -0.2) is 9.89 Å². The van der Waals surface area contributed by atoms with E-state index in [1.807, 2.05) is 19.1 Å². The molecule has 66 valence electrons. The molecule has 0 saturated heterocycles. The van der Waals surface area contributed by atoms with Crippen LogP contribution < -0.4 is 5.69 Å². The molecular weight excluding hydrogens is 174 g/mol. The lowest BCUT2D eigenvalue weighted by molar-refractivity contribution is 0.766. The number of H-pyrrole nitrogens is 1. The molecule has 0 atom stereocenters. The van der Waals surface area contributed by atoms with E-state index < -0.39 is 0 Å². The van der Waals surface area contributed by atoms with E-state index in [2.05, 4.69) is 10.2 Å². The Labute approximate surface area is 74.7 Å². The average molecular weight is 185 g/mol. The summed E-state index contributed by atoms with van der Waals surface area (Å²) in [5.41, 5.74) is -0.169. The fourth-order valence-corrected chi connectivity index (χ4v) is 1.50. The maximum absolute atomic E-state index is 10.9. The van der Waals surface area contributed by atoms with Crippen LogP contribution in [0.4, 0.5) is 0 Å². The van der Waals surface area contributed by atoms with Crippen LogP contribution in [0, 0.1) is 0 Å². The van der Waals surface area contributed by atoms with Gasteiger partial charge in [-0.1, -0.05) is 23.9 Å². The van der Waals surface area contributed by atoms with Crippen LogP contribution in [-0.4, -0.2) is 20.5 Å². The van der Waals surface area contributed by atoms with Gasteiger partial charge in [-0.05, 0) is 6.92 Å². The van der Waals surface area contributed by atoms with E-state index >= 15 is 0 Å². The third-order valence-corrected chi connectivity index (χ3v) is 2.37. The molecule has 0 aliphatic heterocycles. The number of nitrogens with zero attached hydrogens (tertiary/aromatic N) is 2. The first-order chi connectivity index (χ1) is 5.75. The molecular formula is C7H11N3OS. The molecule has 0 saturated carbocycles. The Kier molecular flexibility index (Phi) is 3.16. The zero-order chi connectivity index (χ0) is 8.97. The molecule has 0 aliphatic carbocycles. The van der Waals surface area contributed by atoms with E-state index in [1.165, 1.54) is 16.3 Å². The van der Waals surface area contributed by atoms with Crippen LogP contribution >= 0.6 is 11.8 Å². The van der Waals surface area contributed by atoms with Crippen molar-refractivity contribution in [3.63, 3.8) is 0 Å². The monoisotopic (exact) mass is 185 g/mol. The first kappa shape index (κ1) is 9.12. The molecule has 0 aromatic carbocycles. The number of aromatic amines is 1. The Morgan fingerprint density at radius 3 is 3.00 bits per heavy atom. The van der Waals surface area contributed by atoms with Crippen LogP contribution in [0.3, 0.4) is 0 Å². The van der Waals surface area contributed by atoms with Gasteiger partial charge in [0, 0.05) is 12.8 Å². The van der Waals surface area contributed by atoms with Gasteiger partial charge in [-0.15, -0.1) is 5.10 Å². The summed E-state index contributed by atoms with van der Waals surface area (Å²) in [6.07, 6.45) is 3.99. The highest BCUT2D eigenvalue weighted by Gasteiger charge is 2.01. The molecule has 0 radical (unpaired) electrons. The van der Waals surface area contributed by atoms with Crippen molar-refractivity contribution in [1.82, 2.24) is 14.8 Å². The molecule has 0 fully saturated rings. The highest BCUT2D eigenvalue weighted by atomic mass is 32.2. The van der Waals surface area contributed by atoms with E-state index in [-0.39, 0.29) is 5.69 Å². The number of rotatable bonds is 3. The average Bonchev–Trinajstić information content (AvgIpc) is 2.36. The third kappa shape index (κ3) is 2.01. The highest BCUT2D eigenvalue weighted by molar-refractivity contribution is 7.99. The molecule has 0 unspecified atom stereocenters. The number of hydrogen-bond donors (Lipinski definition) is 1. The Bertz CT molecular complexity index is 326. The third-order valence-electron chi connectivity index (χ3n) is 1.38. The lowest BCUT2D eigenvalue weighted by atomic mass is 10.6. The molecule has 0 bridgehead atoms. The molecule has 1 rings (SSSR count). The van der Waals surface area contributed by atoms with Gasteiger partial charge in [0.1, 0.15) is 0 Å². The molecule has 1 aromatic rings. The minimum Gasteiger partial charge on any atom is -0.273 e. The second-order valence-electron chi connectivity index (χ2n) is 2.25. The highest BCUT2D eigenvalue weighted by Crippen LogP contribution is 2.11. The van der Waals surface area contributed by atoms with E-state index in [1.54, 1.807) is 7.05 Å². The van der Waals surface area contributed by atoms with Gasteiger partial charge >= 0.3 is 5.69 Å². The largest absolute Gasteiger partial charge is 0.343 e. The maximum Gasteiger partial charge on any atom is 0.343 e. The predicted octanol–water partition coefficient (Wildman–Crippen LogP) is 0.777. The second-order valence-corrected chi connectivity index (χ2v) is 3.24. The van der Waals surface area contributed by atoms with Crippen LogP contribution in [0.1, 0.15) is 6.92 Å². The molecule has 0 aliphatic rings. The molecule has 12 heavy (non-hydrogen) atoms. The summed E-state index contributed by atoms with van der Waals surface area (Å²) in [6, 6.07) is 0. The topological polar surface area (TPSA) is 50.7 Å². The van der Waals surface area contributed by atoms with Crippen molar-refractivity contribution < 1.29 is 0 Å². The van der Waals surface area contributed by atoms with Crippen molar-refractivity contribution in [2.45, 2.75) is 12.1 Å². The van der Waals surface area contributed by atoms with Crippen molar-refractivity contribution in [2.24, 2.45) is 7.05 Å². The first-order valence-corrected chi connectivity index (χ1v) is 4.59. The fourth-order valence-electron chi connectivity index (χ4n) is 0.680. The van der Waals surface area contributed by atoms with E-state index in [0.29, 0.717) is 0 Å². The summed E-state index contributed by atoms with van der Waals surface area (Å²) in [5.74, 6) is 0.842. The summed E-state index contributed by atoms with van der Waals surface area (Å²) >= 11 is 1.53. The summed E-state index contributed by atoms with van der Waals surface area (Å²) in [7, 11) is 1.70. The number of hydrogen-bond acceptors (Lipinski definition) is 3. The van der Waals surface area contributed by atoms with Gasteiger partial charge in [-0.2, -0.15) is 0 Å². The van der Waals surface area contributed by atoms with Gasteiger partial charge in [0.05, 0.1) is 0 Å². The van der Waals surface area contributed by atoms with Crippen LogP contribution in [0.25, 0.3) is 0 Å². The number of nitrogens with one attached hydrogen (secondary N) is 1. The summed E-state index contributed by atoms with van der Waals surface area (Å²) in [4.78, 5) is 10.9. The Hall–Kier alpha value is -0.970. The zero-order valence-corrected chi connectivity index (χ0v) is 7.89. The second kappa shape index (κ2) is 4.15. The molecule has 0 spiro atoms. The van der Waals surface area contributed by atoms with Gasteiger partial charge in [0.2, 0.25) is 0 Å². The van der Waals surface area contributed by atoms with Crippen molar-refractivity contribution in [1.29, 1.82) is 0 Å². The Balaban J connectivity index is 2.64. The quantitative estimate of drug-likeness (QED) is 0.559. The molecule has 4 nitrogen and oxygen atoms in total. The molecule has 1 aromatic heterocycles. The molecule has 5 heteroatoms. The Morgan fingerprint density at radius 2 is 2.50 bits per heavy atom. The van der Waals surface area contributed by atoms with Gasteiger partial charge < -0.3 is 0 Å². The van der Waals surface area contributed by atoms with E-state index in [0.717, 1.165) is 10.9 Å². The molecule has 1 N–H and O–H groups in total. The minimum atomic E-state index is -0.169. The van der Waals surface area contributed by atoms with Crippen molar-refractivity contribution in [3.05, 3.63) is 22.6 Å². The van der Waals surface area contributed by atoms with Crippen LogP contribution in [-0.2, 0) is 7.05 Å².